The van der Waals surface area contributed by atoms with Crippen molar-refractivity contribution in [1.29, 1.82) is 0 Å². The first-order valence-corrected chi connectivity index (χ1v) is 6.52. The van der Waals surface area contributed by atoms with Gasteiger partial charge in [-0.05, 0) is 31.2 Å². The molecule has 1 rings (SSSR count). The Morgan fingerprint density at radius 1 is 1.24 bits per heavy atom. The summed E-state index contributed by atoms with van der Waals surface area (Å²) in [6.45, 7) is 4.28. The third-order valence-corrected chi connectivity index (χ3v) is 2.39. The number of hydrogen-bond donors (Lipinski definition) is 2. The molecule has 5 nitrogen and oxygen atoms in total. The molecular weight excluding hydrogens is 381 g/mol. The number of terminal acetylenes is 1. The van der Waals surface area contributed by atoms with Crippen molar-refractivity contribution in [3.63, 3.8) is 0 Å². The fraction of sp³-hybridized carbons (Fsp3) is 0.400. The van der Waals surface area contributed by atoms with E-state index < -0.39 is 0 Å². The van der Waals surface area contributed by atoms with Gasteiger partial charge in [0.1, 0.15) is 18.1 Å². The number of ether oxygens (including phenoxy) is 2. The van der Waals surface area contributed by atoms with Crippen LogP contribution in [0.25, 0.3) is 0 Å². The average molecular weight is 403 g/mol. The van der Waals surface area contributed by atoms with Crippen molar-refractivity contribution in [1.82, 2.24) is 10.6 Å². The van der Waals surface area contributed by atoms with Gasteiger partial charge in [-0.15, -0.1) is 30.4 Å². The monoisotopic (exact) mass is 403 g/mol. The molecule has 0 heterocycles. The summed E-state index contributed by atoms with van der Waals surface area (Å²) < 4.78 is 10.7. The van der Waals surface area contributed by atoms with Gasteiger partial charge in [-0.3, -0.25) is 0 Å². The normalized spacial score (nSPS) is 10.0. The van der Waals surface area contributed by atoms with E-state index in [1.165, 1.54) is 0 Å². The van der Waals surface area contributed by atoms with E-state index >= 15 is 0 Å². The Morgan fingerprint density at radius 3 is 2.48 bits per heavy atom. The minimum atomic E-state index is 0. The van der Waals surface area contributed by atoms with Crippen molar-refractivity contribution in [2.24, 2.45) is 4.99 Å². The van der Waals surface area contributed by atoms with Crippen LogP contribution in [0.3, 0.4) is 0 Å². The predicted octanol–water partition coefficient (Wildman–Crippen LogP) is 1.88. The molecule has 0 aliphatic heterocycles. The van der Waals surface area contributed by atoms with Gasteiger partial charge in [-0.1, -0.05) is 5.92 Å². The Labute approximate surface area is 143 Å². The summed E-state index contributed by atoms with van der Waals surface area (Å²) in [5.74, 6) is 4.81. The second kappa shape index (κ2) is 12.1. The topological polar surface area (TPSA) is 54.9 Å². The number of aliphatic imine (C=N–C) groups is 1. The van der Waals surface area contributed by atoms with Crippen molar-refractivity contribution in [3.8, 4) is 23.8 Å². The summed E-state index contributed by atoms with van der Waals surface area (Å²) >= 11 is 0. The first kappa shape index (κ1) is 19.4. The van der Waals surface area contributed by atoms with E-state index in [9.17, 15) is 0 Å². The second-order valence-electron chi connectivity index (χ2n) is 3.84. The number of nitrogens with one attached hydrogen (secondary N) is 2. The van der Waals surface area contributed by atoms with Crippen LogP contribution in [-0.2, 0) is 0 Å². The van der Waals surface area contributed by atoms with Gasteiger partial charge in [-0.2, -0.15) is 0 Å². The van der Waals surface area contributed by atoms with E-state index in [0.29, 0.717) is 25.7 Å². The molecule has 0 spiro atoms. The Bertz CT molecular complexity index is 455. The zero-order chi connectivity index (χ0) is 14.6. The molecule has 1 aromatic carbocycles. The molecule has 0 atom stereocenters. The summed E-state index contributed by atoms with van der Waals surface area (Å²) in [5, 5.41) is 6.12. The summed E-state index contributed by atoms with van der Waals surface area (Å²) in [6.07, 6.45) is 5.20. The Hall–Kier alpha value is -1.62. The smallest absolute Gasteiger partial charge is 0.192 e. The van der Waals surface area contributed by atoms with Crippen LogP contribution in [-0.4, -0.2) is 39.3 Å². The fourth-order valence-corrected chi connectivity index (χ4v) is 1.47. The van der Waals surface area contributed by atoms with Crippen molar-refractivity contribution >= 4 is 29.9 Å². The van der Waals surface area contributed by atoms with Crippen LogP contribution in [0.1, 0.15) is 6.92 Å². The third kappa shape index (κ3) is 8.30. The van der Waals surface area contributed by atoms with E-state index in [0.717, 1.165) is 18.0 Å². The summed E-state index contributed by atoms with van der Waals surface area (Å²) in [5.41, 5.74) is 0. The van der Waals surface area contributed by atoms with Crippen LogP contribution in [0.5, 0.6) is 11.5 Å². The van der Waals surface area contributed by atoms with Gasteiger partial charge >= 0.3 is 0 Å². The van der Waals surface area contributed by atoms with E-state index in [1.807, 2.05) is 31.2 Å². The van der Waals surface area contributed by atoms with Gasteiger partial charge in [0.25, 0.3) is 0 Å². The standard InChI is InChI=1S/C15H21N3O2.HI/c1-4-10-17-15(16-5-2)18-11-12-20-14-8-6-13(19-3)7-9-14;/h1,6-9H,5,10-12H2,2-3H3,(H2,16,17,18);1H. The first-order chi connectivity index (χ1) is 9.80. The van der Waals surface area contributed by atoms with Crippen molar-refractivity contribution in [2.75, 3.05) is 33.4 Å². The molecular formula is C15H22IN3O2. The van der Waals surface area contributed by atoms with E-state index in [1.54, 1.807) is 7.11 Å². The van der Waals surface area contributed by atoms with E-state index in [2.05, 4.69) is 21.5 Å². The molecule has 6 heteroatoms. The van der Waals surface area contributed by atoms with E-state index in [4.69, 9.17) is 15.9 Å². The molecule has 0 amide bonds. The highest BCUT2D eigenvalue weighted by atomic mass is 127. The molecule has 2 N–H and O–H groups in total. The number of methoxy groups -OCH3 is 1. The van der Waals surface area contributed by atoms with Crippen LogP contribution < -0.4 is 20.1 Å². The maximum absolute atomic E-state index is 5.58. The van der Waals surface area contributed by atoms with Gasteiger partial charge < -0.3 is 20.1 Å². The minimum Gasteiger partial charge on any atom is -0.497 e. The lowest BCUT2D eigenvalue weighted by Gasteiger charge is -2.09. The fourth-order valence-electron chi connectivity index (χ4n) is 1.47. The lowest BCUT2D eigenvalue weighted by atomic mass is 10.3. The number of rotatable bonds is 7. The maximum atomic E-state index is 5.58. The average Bonchev–Trinajstić information content (AvgIpc) is 2.49. The highest BCUT2D eigenvalue weighted by Gasteiger charge is 1.96. The highest BCUT2D eigenvalue weighted by molar-refractivity contribution is 14.0. The van der Waals surface area contributed by atoms with Crippen LogP contribution in [0.15, 0.2) is 29.3 Å². The molecule has 0 aliphatic rings. The van der Waals surface area contributed by atoms with Crippen LogP contribution in [0, 0.1) is 12.3 Å². The predicted molar refractivity (Wildman–Crippen MR) is 96.7 cm³/mol. The van der Waals surface area contributed by atoms with Gasteiger partial charge in [-0.25, -0.2) is 4.99 Å². The lowest BCUT2D eigenvalue weighted by Crippen LogP contribution is -2.37. The van der Waals surface area contributed by atoms with Crippen molar-refractivity contribution < 1.29 is 9.47 Å². The van der Waals surface area contributed by atoms with Gasteiger partial charge in [0.15, 0.2) is 5.96 Å². The first-order valence-electron chi connectivity index (χ1n) is 6.52. The largest absolute Gasteiger partial charge is 0.497 e. The number of halogens is 1. The van der Waals surface area contributed by atoms with Gasteiger partial charge in [0, 0.05) is 6.54 Å². The van der Waals surface area contributed by atoms with Crippen LogP contribution in [0.2, 0.25) is 0 Å². The van der Waals surface area contributed by atoms with Crippen molar-refractivity contribution in [3.05, 3.63) is 24.3 Å². The molecule has 1 aromatic rings. The van der Waals surface area contributed by atoms with E-state index in [-0.39, 0.29) is 24.0 Å². The molecule has 0 aliphatic carbocycles. The number of guanidine groups is 1. The molecule has 0 radical (unpaired) electrons. The molecule has 0 saturated carbocycles. The molecule has 0 bridgehead atoms. The molecule has 0 unspecified atom stereocenters. The Kier molecular flexibility index (Phi) is 11.2. The number of benzene rings is 1. The quantitative estimate of drug-likeness (QED) is 0.240. The second-order valence-corrected chi connectivity index (χ2v) is 3.84. The Balaban J connectivity index is 0.00000400. The number of hydrogen-bond acceptors (Lipinski definition) is 3. The molecule has 0 saturated heterocycles. The summed E-state index contributed by atoms with van der Waals surface area (Å²) in [7, 11) is 1.63. The zero-order valence-electron chi connectivity index (χ0n) is 12.4. The van der Waals surface area contributed by atoms with Gasteiger partial charge in [0.05, 0.1) is 20.2 Å². The Morgan fingerprint density at radius 2 is 1.90 bits per heavy atom. The summed E-state index contributed by atoms with van der Waals surface area (Å²) in [4.78, 5) is 4.35. The molecule has 0 aromatic heterocycles. The molecule has 116 valence electrons. The highest BCUT2D eigenvalue weighted by Crippen LogP contribution is 2.16. The number of nitrogens with zero attached hydrogens (tertiary/aromatic N) is 1. The van der Waals surface area contributed by atoms with Crippen LogP contribution >= 0.6 is 24.0 Å². The lowest BCUT2D eigenvalue weighted by molar-refractivity contribution is 0.327. The molecule has 0 fully saturated rings. The zero-order valence-corrected chi connectivity index (χ0v) is 14.7. The van der Waals surface area contributed by atoms with Crippen molar-refractivity contribution in [2.45, 2.75) is 6.92 Å². The SMILES string of the molecule is C#CCNC(=NCCOc1ccc(OC)cc1)NCC.I. The maximum Gasteiger partial charge on any atom is 0.192 e. The summed E-state index contributed by atoms with van der Waals surface area (Å²) in [6, 6.07) is 7.45. The third-order valence-electron chi connectivity index (χ3n) is 2.39. The van der Waals surface area contributed by atoms with Gasteiger partial charge in [0.2, 0.25) is 0 Å². The van der Waals surface area contributed by atoms with Crippen LogP contribution in [0.4, 0.5) is 0 Å². The minimum absolute atomic E-state index is 0. The molecule has 21 heavy (non-hydrogen) atoms.